The first-order valence-electron chi connectivity index (χ1n) is 5.23. The predicted octanol–water partition coefficient (Wildman–Crippen LogP) is 2.15. The molecule has 2 N–H and O–H groups in total. The smallest absolute Gasteiger partial charge is 0.180 e. The number of anilines is 1. The fraction of sp³-hybridized carbons (Fsp3) is 0.273. The van der Waals surface area contributed by atoms with E-state index in [1.54, 1.807) is 12.3 Å². The van der Waals surface area contributed by atoms with Crippen LogP contribution in [0.1, 0.15) is 18.4 Å². The predicted molar refractivity (Wildman–Crippen MR) is 69.3 cm³/mol. The molecule has 5 nitrogen and oxygen atoms in total. The van der Waals surface area contributed by atoms with Crippen LogP contribution in [0.15, 0.2) is 16.7 Å². The van der Waals surface area contributed by atoms with Crippen molar-refractivity contribution in [3.05, 3.63) is 28.3 Å². The van der Waals surface area contributed by atoms with Crippen molar-refractivity contribution in [1.82, 2.24) is 19.9 Å². The zero-order valence-electron chi connectivity index (χ0n) is 9.61. The molecular weight excluding hydrogens is 282 g/mol. The molecule has 0 aromatic carbocycles. The standard InChI is InChI=1S/C11H12BrN5/c1-3-7-9(12)10(13)17-11(16-7)8-4-5-14-6(2)15-8/h4-5H,3H2,1-2H3,(H2,13,16,17). The van der Waals surface area contributed by atoms with Crippen LogP contribution in [-0.4, -0.2) is 19.9 Å². The van der Waals surface area contributed by atoms with Crippen LogP contribution < -0.4 is 5.73 Å². The number of nitrogens with two attached hydrogens (primary N) is 1. The molecule has 0 aliphatic carbocycles. The molecule has 0 fully saturated rings. The third-order valence-corrected chi connectivity index (χ3v) is 3.15. The summed E-state index contributed by atoms with van der Waals surface area (Å²) in [7, 11) is 0. The second kappa shape index (κ2) is 4.75. The highest BCUT2D eigenvalue weighted by atomic mass is 79.9. The second-order valence-electron chi connectivity index (χ2n) is 3.54. The monoisotopic (exact) mass is 293 g/mol. The van der Waals surface area contributed by atoms with Gasteiger partial charge in [-0.05, 0) is 35.3 Å². The van der Waals surface area contributed by atoms with Crippen molar-refractivity contribution < 1.29 is 0 Å². The van der Waals surface area contributed by atoms with Gasteiger partial charge in [-0.15, -0.1) is 0 Å². The summed E-state index contributed by atoms with van der Waals surface area (Å²) in [6, 6.07) is 1.77. The average Bonchev–Trinajstić information content (AvgIpc) is 2.32. The quantitative estimate of drug-likeness (QED) is 0.918. The Morgan fingerprint density at radius 3 is 2.71 bits per heavy atom. The largest absolute Gasteiger partial charge is 0.383 e. The number of aromatic nitrogens is 4. The molecule has 2 heterocycles. The second-order valence-corrected chi connectivity index (χ2v) is 4.33. The van der Waals surface area contributed by atoms with Crippen molar-refractivity contribution in [3.8, 4) is 11.5 Å². The molecule has 0 atom stereocenters. The van der Waals surface area contributed by atoms with Gasteiger partial charge in [-0.2, -0.15) is 0 Å². The highest BCUT2D eigenvalue weighted by Crippen LogP contribution is 2.24. The van der Waals surface area contributed by atoms with Crippen LogP contribution >= 0.6 is 15.9 Å². The Bertz CT molecular complexity index is 556. The van der Waals surface area contributed by atoms with Crippen molar-refractivity contribution >= 4 is 21.7 Å². The van der Waals surface area contributed by atoms with E-state index in [9.17, 15) is 0 Å². The molecule has 0 aliphatic heterocycles. The number of rotatable bonds is 2. The first kappa shape index (κ1) is 11.9. The van der Waals surface area contributed by atoms with E-state index in [0.29, 0.717) is 23.2 Å². The van der Waals surface area contributed by atoms with Gasteiger partial charge in [0, 0.05) is 6.20 Å². The van der Waals surface area contributed by atoms with Crippen LogP contribution in [0.4, 0.5) is 5.82 Å². The summed E-state index contributed by atoms with van der Waals surface area (Å²) in [5, 5.41) is 0. The Morgan fingerprint density at radius 2 is 2.06 bits per heavy atom. The third kappa shape index (κ3) is 2.41. The number of aryl methyl sites for hydroxylation is 2. The summed E-state index contributed by atoms with van der Waals surface area (Å²) in [5.74, 6) is 1.65. The molecule has 0 saturated carbocycles. The molecule has 0 spiro atoms. The van der Waals surface area contributed by atoms with Gasteiger partial charge in [-0.1, -0.05) is 6.92 Å². The van der Waals surface area contributed by atoms with Gasteiger partial charge >= 0.3 is 0 Å². The van der Waals surface area contributed by atoms with Gasteiger partial charge in [0.1, 0.15) is 17.3 Å². The highest BCUT2D eigenvalue weighted by Gasteiger charge is 2.11. The maximum Gasteiger partial charge on any atom is 0.180 e. The van der Waals surface area contributed by atoms with Gasteiger partial charge in [0.25, 0.3) is 0 Å². The van der Waals surface area contributed by atoms with E-state index in [1.807, 2.05) is 13.8 Å². The first-order valence-corrected chi connectivity index (χ1v) is 6.03. The first-order chi connectivity index (χ1) is 8.11. The molecule has 0 aliphatic rings. The van der Waals surface area contributed by atoms with Gasteiger partial charge < -0.3 is 5.73 Å². The minimum atomic E-state index is 0.433. The van der Waals surface area contributed by atoms with Crippen molar-refractivity contribution in [3.63, 3.8) is 0 Å². The summed E-state index contributed by atoms with van der Waals surface area (Å²) in [4.78, 5) is 17.0. The highest BCUT2D eigenvalue weighted by molar-refractivity contribution is 9.10. The van der Waals surface area contributed by atoms with Crippen LogP contribution in [-0.2, 0) is 6.42 Å². The fourth-order valence-electron chi connectivity index (χ4n) is 1.44. The summed E-state index contributed by atoms with van der Waals surface area (Å²) >= 11 is 3.38. The summed E-state index contributed by atoms with van der Waals surface area (Å²) in [6.07, 6.45) is 2.47. The van der Waals surface area contributed by atoms with Crippen molar-refractivity contribution in [2.24, 2.45) is 0 Å². The summed E-state index contributed by atoms with van der Waals surface area (Å²) < 4.78 is 0.759. The van der Waals surface area contributed by atoms with Crippen molar-refractivity contribution in [1.29, 1.82) is 0 Å². The lowest BCUT2D eigenvalue weighted by Crippen LogP contribution is -2.03. The fourth-order valence-corrected chi connectivity index (χ4v) is 1.90. The number of hydrogen-bond donors (Lipinski definition) is 1. The molecule has 17 heavy (non-hydrogen) atoms. The molecule has 0 amide bonds. The lowest BCUT2D eigenvalue weighted by Gasteiger charge is -2.07. The molecule has 0 saturated heterocycles. The Labute approximate surface area is 108 Å². The Morgan fingerprint density at radius 1 is 1.29 bits per heavy atom. The number of halogens is 1. The molecule has 6 heteroatoms. The molecule has 2 rings (SSSR count). The van der Waals surface area contributed by atoms with Gasteiger partial charge in [-0.25, -0.2) is 19.9 Å². The van der Waals surface area contributed by atoms with E-state index in [4.69, 9.17) is 5.73 Å². The van der Waals surface area contributed by atoms with E-state index in [0.717, 1.165) is 16.6 Å². The van der Waals surface area contributed by atoms with Crippen molar-refractivity contribution in [2.45, 2.75) is 20.3 Å². The average molecular weight is 294 g/mol. The topological polar surface area (TPSA) is 77.6 Å². The maximum absolute atomic E-state index is 5.83. The molecule has 0 radical (unpaired) electrons. The lowest BCUT2D eigenvalue weighted by molar-refractivity contribution is 0.975. The zero-order valence-corrected chi connectivity index (χ0v) is 11.2. The van der Waals surface area contributed by atoms with Crippen LogP contribution in [0.2, 0.25) is 0 Å². The van der Waals surface area contributed by atoms with E-state index in [-0.39, 0.29) is 0 Å². The Balaban J connectivity index is 2.56. The summed E-state index contributed by atoms with van der Waals surface area (Å²) in [5.41, 5.74) is 7.40. The van der Waals surface area contributed by atoms with E-state index in [1.165, 1.54) is 0 Å². The molecule has 0 bridgehead atoms. The summed E-state index contributed by atoms with van der Waals surface area (Å²) in [6.45, 7) is 3.84. The van der Waals surface area contributed by atoms with E-state index < -0.39 is 0 Å². The van der Waals surface area contributed by atoms with Crippen molar-refractivity contribution in [2.75, 3.05) is 5.73 Å². The number of nitrogen functional groups attached to an aromatic ring is 1. The molecule has 88 valence electrons. The van der Waals surface area contributed by atoms with E-state index in [2.05, 4.69) is 35.9 Å². The third-order valence-electron chi connectivity index (χ3n) is 2.29. The molecule has 0 unspecified atom stereocenters. The van der Waals surface area contributed by atoms with E-state index >= 15 is 0 Å². The van der Waals surface area contributed by atoms with Crippen LogP contribution in [0, 0.1) is 6.92 Å². The minimum absolute atomic E-state index is 0.433. The van der Waals surface area contributed by atoms with Gasteiger partial charge in [-0.3, -0.25) is 0 Å². The lowest BCUT2D eigenvalue weighted by atomic mass is 10.3. The number of nitrogens with zero attached hydrogens (tertiary/aromatic N) is 4. The normalized spacial score (nSPS) is 10.5. The zero-order chi connectivity index (χ0) is 12.4. The van der Waals surface area contributed by atoms with Crippen LogP contribution in [0.5, 0.6) is 0 Å². The van der Waals surface area contributed by atoms with Crippen LogP contribution in [0.3, 0.4) is 0 Å². The molecule has 2 aromatic rings. The van der Waals surface area contributed by atoms with Crippen LogP contribution in [0.25, 0.3) is 11.5 Å². The maximum atomic E-state index is 5.83. The number of hydrogen-bond acceptors (Lipinski definition) is 5. The minimum Gasteiger partial charge on any atom is -0.383 e. The van der Waals surface area contributed by atoms with Gasteiger partial charge in [0.15, 0.2) is 5.82 Å². The molecular formula is C11H12BrN5. The van der Waals surface area contributed by atoms with Gasteiger partial charge in [0.2, 0.25) is 0 Å². The molecule has 2 aromatic heterocycles. The van der Waals surface area contributed by atoms with Gasteiger partial charge in [0.05, 0.1) is 10.2 Å². The Kier molecular flexibility index (Phi) is 3.33. The Hall–Kier alpha value is -1.56. The SMILES string of the molecule is CCc1nc(-c2ccnc(C)n2)nc(N)c1Br.